The smallest absolute Gasteiger partial charge is 0.265 e. The monoisotopic (exact) mass is 430 g/mol. The minimum absolute atomic E-state index is 0.0230. The summed E-state index contributed by atoms with van der Waals surface area (Å²) in [5, 5.41) is 7.88. The van der Waals surface area contributed by atoms with E-state index in [1.54, 1.807) is 11.1 Å². The summed E-state index contributed by atoms with van der Waals surface area (Å²) in [5.74, 6) is -0.0441. The van der Waals surface area contributed by atoms with Crippen molar-refractivity contribution in [1.29, 1.82) is 0 Å². The highest BCUT2D eigenvalue weighted by Gasteiger charge is 2.47. The van der Waals surface area contributed by atoms with Gasteiger partial charge in [-0.15, -0.1) is 0 Å². The standard InChI is InChI=1S/C21H25ClN4O2.C2H6/c1-24-20(15-8-4-3-5-9-15)25(2)26-19(27)12-17(23-21(24)26)14-28-13-16-10-6-7-11-18(16)22;1-2/h4,6-12,20-21,23H,3,5,13-14H2,1-2H3;1-2H3. The molecule has 2 heterocycles. The molecule has 30 heavy (non-hydrogen) atoms. The number of nitrogens with one attached hydrogen (secondary N) is 1. The molecular weight excluding hydrogens is 400 g/mol. The Kier molecular flexibility index (Phi) is 7.72. The van der Waals surface area contributed by atoms with Gasteiger partial charge in [0.1, 0.15) is 6.17 Å². The fourth-order valence-corrected chi connectivity index (χ4v) is 4.16. The lowest BCUT2D eigenvalue weighted by atomic mass is 10.0. The Balaban J connectivity index is 0.00000124. The van der Waals surface area contributed by atoms with Crippen LogP contribution in [-0.4, -0.2) is 54.0 Å². The topological polar surface area (TPSA) is 48.0 Å². The largest absolute Gasteiger partial charge is 0.371 e. The summed E-state index contributed by atoms with van der Waals surface area (Å²) >= 11 is 6.17. The lowest BCUT2D eigenvalue weighted by molar-refractivity contribution is -0.144. The average Bonchev–Trinajstić information content (AvgIpc) is 3.02. The fourth-order valence-electron chi connectivity index (χ4n) is 3.97. The van der Waals surface area contributed by atoms with Gasteiger partial charge in [0, 0.05) is 23.8 Å². The summed E-state index contributed by atoms with van der Waals surface area (Å²) in [7, 11) is 3.99. The molecule has 1 saturated heterocycles. The molecule has 2 aliphatic heterocycles. The van der Waals surface area contributed by atoms with E-state index in [1.807, 2.05) is 57.2 Å². The number of hydrogen-bond acceptors (Lipinski definition) is 5. The van der Waals surface area contributed by atoms with E-state index in [2.05, 4.69) is 28.4 Å². The van der Waals surface area contributed by atoms with Crippen LogP contribution in [0.1, 0.15) is 32.3 Å². The van der Waals surface area contributed by atoms with Crippen molar-refractivity contribution in [2.75, 3.05) is 20.7 Å². The third-order valence-electron chi connectivity index (χ3n) is 5.33. The zero-order chi connectivity index (χ0) is 21.7. The SMILES string of the molecule is CC.CN1C(C2=CCCC=C2)N(C)N2C(=O)C=C(COCc3ccccc3Cl)NC12. The molecule has 0 radical (unpaired) electrons. The molecular formula is C23H31ClN4O2. The van der Waals surface area contributed by atoms with Gasteiger partial charge in [-0.3, -0.25) is 4.79 Å². The summed E-state index contributed by atoms with van der Waals surface area (Å²) in [5.41, 5.74) is 2.92. The Hall–Kier alpha value is -2.12. The lowest BCUT2D eigenvalue weighted by Gasteiger charge is -2.34. The van der Waals surface area contributed by atoms with Crippen molar-refractivity contribution in [3.63, 3.8) is 0 Å². The van der Waals surface area contributed by atoms with Crippen molar-refractivity contribution >= 4 is 17.5 Å². The van der Waals surface area contributed by atoms with E-state index in [-0.39, 0.29) is 18.4 Å². The number of rotatable bonds is 5. The molecule has 1 aromatic rings. The maximum absolute atomic E-state index is 12.8. The van der Waals surface area contributed by atoms with Gasteiger partial charge in [-0.25, -0.2) is 9.91 Å². The highest BCUT2D eigenvalue weighted by molar-refractivity contribution is 6.31. The summed E-state index contributed by atoms with van der Waals surface area (Å²) in [6.45, 7) is 4.73. The van der Waals surface area contributed by atoms with Crippen LogP contribution in [0.3, 0.4) is 0 Å². The van der Waals surface area contributed by atoms with Crippen LogP contribution in [0, 0.1) is 0 Å². The molecule has 162 valence electrons. The molecule has 7 heteroatoms. The fraction of sp³-hybridized carbons (Fsp3) is 0.435. The van der Waals surface area contributed by atoms with Gasteiger partial charge in [0.25, 0.3) is 5.91 Å². The van der Waals surface area contributed by atoms with Gasteiger partial charge in [-0.05, 0) is 37.1 Å². The Morgan fingerprint density at radius 2 is 1.93 bits per heavy atom. The van der Waals surface area contributed by atoms with E-state index in [0.717, 1.165) is 24.1 Å². The highest BCUT2D eigenvalue weighted by Crippen LogP contribution is 2.31. The highest BCUT2D eigenvalue weighted by atomic mass is 35.5. The van der Waals surface area contributed by atoms with Gasteiger partial charge in [0.15, 0.2) is 6.29 Å². The third-order valence-corrected chi connectivity index (χ3v) is 5.70. The first kappa shape index (κ1) is 22.6. The maximum atomic E-state index is 12.8. The van der Waals surface area contributed by atoms with Gasteiger partial charge in [0.05, 0.1) is 13.2 Å². The maximum Gasteiger partial charge on any atom is 0.265 e. The summed E-state index contributed by atoms with van der Waals surface area (Å²) < 4.78 is 5.80. The molecule has 2 unspecified atom stereocenters. The van der Waals surface area contributed by atoms with Crippen molar-refractivity contribution in [1.82, 2.24) is 20.2 Å². The predicted molar refractivity (Wildman–Crippen MR) is 120 cm³/mol. The van der Waals surface area contributed by atoms with Crippen molar-refractivity contribution in [2.24, 2.45) is 0 Å². The number of amides is 1. The molecule has 0 spiro atoms. The minimum atomic E-state index is -0.234. The Morgan fingerprint density at radius 3 is 2.63 bits per heavy atom. The second-order valence-electron chi connectivity index (χ2n) is 7.25. The number of hydrazine groups is 1. The van der Waals surface area contributed by atoms with Crippen molar-refractivity contribution in [2.45, 2.75) is 45.8 Å². The number of carbonyl (C=O) groups is 1. The summed E-state index contributed by atoms with van der Waals surface area (Å²) in [6.07, 6.45) is 10.1. The number of fused-ring (bicyclic) bond motifs is 1. The first-order valence-electron chi connectivity index (χ1n) is 10.5. The quantitative estimate of drug-likeness (QED) is 0.768. The van der Waals surface area contributed by atoms with Crippen LogP contribution in [0.4, 0.5) is 0 Å². The normalized spacial score (nSPS) is 23.9. The van der Waals surface area contributed by atoms with Crippen LogP contribution in [-0.2, 0) is 16.1 Å². The lowest BCUT2D eigenvalue weighted by Crippen LogP contribution is -2.55. The minimum Gasteiger partial charge on any atom is -0.371 e. The first-order chi connectivity index (χ1) is 14.6. The van der Waals surface area contributed by atoms with Gasteiger partial charge in [-0.2, -0.15) is 5.01 Å². The zero-order valence-electron chi connectivity index (χ0n) is 18.1. The number of likely N-dealkylation sites (N-methyl/N-ethyl adjacent to an activating group) is 2. The van der Waals surface area contributed by atoms with Gasteiger partial charge >= 0.3 is 0 Å². The molecule has 1 aliphatic carbocycles. The summed E-state index contributed by atoms with van der Waals surface area (Å²) in [6, 6.07) is 7.61. The van der Waals surface area contributed by atoms with Gasteiger partial charge in [0.2, 0.25) is 0 Å². The molecule has 0 bridgehead atoms. The Morgan fingerprint density at radius 1 is 1.17 bits per heavy atom. The number of benzene rings is 1. The molecule has 6 nitrogen and oxygen atoms in total. The van der Waals surface area contributed by atoms with E-state index < -0.39 is 0 Å². The number of hydrogen-bond donors (Lipinski definition) is 1. The zero-order valence-corrected chi connectivity index (χ0v) is 18.9. The second kappa shape index (κ2) is 10.3. The second-order valence-corrected chi connectivity index (χ2v) is 7.66. The van der Waals surface area contributed by atoms with Gasteiger partial charge in [-0.1, -0.05) is 61.9 Å². The third kappa shape index (κ3) is 4.62. The summed E-state index contributed by atoms with van der Waals surface area (Å²) in [4.78, 5) is 15.0. The van der Waals surface area contributed by atoms with Crippen LogP contribution >= 0.6 is 11.6 Å². The van der Waals surface area contributed by atoms with Crippen LogP contribution in [0.25, 0.3) is 0 Å². The van der Waals surface area contributed by atoms with E-state index in [0.29, 0.717) is 18.2 Å². The van der Waals surface area contributed by atoms with E-state index >= 15 is 0 Å². The molecule has 4 rings (SSSR count). The van der Waals surface area contributed by atoms with Crippen LogP contribution in [0.5, 0.6) is 0 Å². The first-order valence-corrected chi connectivity index (χ1v) is 10.9. The molecule has 1 amide bonds. The molecule has 1 N–H and O–H groups in total. The number of halogens is 1. The van der Waals surface area contributed by atoms with Crippen molar-refractivity contribution < 1.29 is 9.53 Å². The van der Waals surface area contributed by atoms with E-state index in [1.165, 1.54) is 5.57 Å². The van der Waals surface area contributed by atoms with Crippen LogP contribution in [0.15, 0.2) is 59.8 Å². The molecule has 1 fully saturated rings. The molecule has 3 aliphatic rings. The van der Waals surface area contributed by atoms with Crippen LogP contribution < -0.4 is 5.32 Å². The van der Waals surface area contributed by atoms with Crippen molar-refractivity contribution in [3.05, 3.63) is 70.4 Å². The van der Waals surface area contributed by atoms with Crippen molar-refractivity contribution in [3.8, 4) is 0 Å². The number of carbonyl (C=O) groups excluding carboxylic acids is 1. The van der Waals surface area contributed by atoms with Crippen LogP contribution in [0.2, 0.25) is 5.02 Å². The Labute approximate surface area is 184 Å². The molecule has 0 saturated carbocycles. The number of nitrogens with zero attached hydrogens (tertiary/aromatic N) is 3. The number of ether oxygens (including phenoxy) is 1. The molecule has 2 atom stereocenters. The predicted octanol–water partition coefficient (Wildman–Crippen LogP) is 3.88. The average molecular weight is 431 g/mol. The number of allylic oxidation sites excluding steroid dienone is 2. The van der Waals surface area contributed by atoms with E-state index in [4.69, 9.17) is 16.3 Å². The molecule has 1 aromatic carbocycles. The Bertz CT molecular complexity index is 851. The molecule has 0 aromatic heterocycles. The van der Waals surface area contributed by atoms with E-state index in [9.17, 15) is 4.79 Å². The van der Waals surface area contributed by atoms with Gasteiger partial charge < -0.3 is 10.1 Å².